The Bertz CT molecular complexity index is 403. The van der Waals surface area contributed by atoms with Gasteiger partial charge in [0.15, 0.2) is 0 Å². The van der Waals surface area contributed by atoms with Crippen molar-refractivity contribution in [2.24, 2.45) is 0 Å². The highest BCUT2D eigenvalue weighted by Crippen LogP contribution is 2.19. The highest BCUT2D eigenvalue weighted by molar-refractivity contribution is 9.09. The van der Waals surface area contributed by atoms with E-state index in [1.54, 1.807) is 0 Å². The van der Waals surface area contributed by atoms with Crippen LogP contribution in [0.3, 0.4) is 0 Å². The van der Waals surface area contributed by atoms with Crippen molar-refractivity contribution in [1.29, 1.82) is 0 Å². The second-order valence-corrected chi connectivity index (χ2v) is 4.29. The molecule has 2 aromatic rings. The first-order valence-electron chi connectivity index (χ1n) is 6.10. The summed E-state index contributed by atoms with van der Waals surface area (Å²) in [6.07, 6.45) is 1.09. The monoisotopic (exact) mass is 290 g/mol. The fourth-order valence-corrected chi connectivity index (χ4v) is 2.06. The van der Waals surface area contributed by atoms with Crippen LogP contribution in [0.1, 0.15) is 19.4 Å². The van der Waals surface area contributed by atoms with Gasteiger partial charge in [-0.1, -0.05) is 84.4 Å². The zero-order valence-corrected chi connectivity index (χ0v) is 12.1. The van der Waals surface area contributed by atoms with Crippen LogP contribution in [0.25, 0.3) is 11.1 Å². The van der Waals surface area contributed by atoms with Crippen LogP contribution in [0, 0.1) is 0 Å². The second kappa shape index (κ2) is 8.08. The van der Waals surface area contributed by atoms with Gasteiger partial charge >= 0.3 is 0 Å². The standard InChI is InChI=1S/C14H13Br.C2H6/c15-11-10-12-6-8-14(9-7-12)13-4-2-1-3-5-13;1-2/h1-9H,10-11H2;1-2H3. The minimum absolute atomic E-state index is 1.03. The molecule has 0 aliphatic heterocycles. The number of halogens is 1. The molecular weight excluding hydrogens is 272 g/mol. The van der Waals surface area contributed by atoms with Crippen molar-refractivity contribution in [3.8, 4) is 11.1 Å². The van der Waals surface area contributed by atoms with E-state index in [9.17, 15) is 0 Å². The molecule has 0 aromatic heterocycles. The van der Waals surface area contributed by atoms with E-state index >= 15 is 0 Å². The fraction of sp³-hybridized carbons (Fsp3) is 0.250. The van der Waals surface area contributed by atoms with E-state index in [2.05, 4.69) is 64.5 Å². The molecular formula is C16H19Br. The molecule has 0 heterocycles. The molecule has 1 heteroatoms. The van der Waals surface area contributed by atoms with Gasteiger partial charge in [0.25, 0.3) is 0 Å². The molecule has 0 bridgehead atoms. The summed E-state index contributed by atoms with van der Waals surface area (Å²) < 4.78 is 0. The van der Waals surface area contributed by atoms with Crippen LogP contribution in [0.2, 0.25) is 0 Å². The molecule has 0 saturated carbocycles. The first-order chi connectivity index (χ1) is 8.40. The fourth-order valence-electron chi connectivity index (χ4n) is 1.60. The molecule has 17 heavy (non-hydrogen) atoms. The molecule has 0 atom stereocenters. The van der Waals surface area contributed by atoms with E-state index in [-0.39, 0.29) is 0 Å². The zero-order valence-electron chi connectivity index (χ0n) is 10.5. The van der Waals surface area contributed by atoms with Gasteiger partial charge in [-0.25, -0.2) is 0 Å². The number of hydrogen-bond acceptors (Lipinski definition) is 0. The molecule has 0 spiro atoms. The smallest absolute Gasteiger partial charge is 0.00718 e. The molecule has 0 aliphatic carbocycles. The predicted octanol–water partition coefficient (Wildman–Crippen LogP) is 5.32. The Hall–Kier alpha value is -1.08. The zero-order chi connectivity index (χ0) is 12.5. The minimum Gasteiger partial charge on any atom is -0.0924 e. The average Bonchev–Trinajstić information content (AvgIpc) is 2.43. The SMILES string of the molecule is BrCCc1ccc(-c2ccccc2)cc1.CC. The van der Waals surface area contributed by atoms with Gasteiger partial charge in [-0.2, -0.15) is 0 Å². The maximum absolute atomic E-state index is 3.45. The van der Waals surface area contributed by atoms with E-state index < -0.39 is 0 Å². The molecule has 0 nitrogen and oxygen atoms in total. The summed E-state index contributed by atoms with van der Waals surface area (Å²) in [5, 5.41) is 1.03. The van der Waals surface area contributed by atoms with Crippen molar-refractivity contribution in [3.05, 3.63) is 60.2 Å². The van der Waals surface area contributed by atoms with Crippen molar-refractivity contribution in [2.75, 3.05) is 5.33 Å². The van der Waals surface area contributed by atoms with Crippen molar-refractivity contribution in [2.45, 2.75) is 20.3 Å². The molecule has 0 radical (unpaired) electrons. The van der Waals surface area contributed by atoms with Crippen LogP contribution in [0.4, 0.5) is 0 Å². The third-order valence-electron chi connectivity index (χ3n) is 2.44. The first kappa shape index (κ1) is 14.0. The maximum atomic E-state index is 3.45. The average molecular weight is 291 g/mol. The summed E-state index contributed by atoms with van der Waals surface area (Å²) in [6.45, 7) is 4.00. The van der Waals surface area contributed by atoms with Crippen molar-refractivity contribution in [1.82, 2.24) is 0 Å². The summed E-state index contributed by atoms with van der Waals surface area (Å²) in [5.41, 5.74) is 3.95. The van der Waals surface area contributed by atoms with Crippen LogP contribution < -0.4 is 0 Å². The normalized spacial score (nSPS) is 9.35. The van der Waals surface area contributed by atoms with Gasteiger partial charge in [0.05, 0.1) is 0 Å². The van der Waals surface area contributed by atoms with E-state index in [1.165, 1.54) is 16.7 Å². The summed E-state index contributed by atoms with van der Waals surface area (Å²) in [5.74, 6) is 0. The highest BCUT2D eigenvalue weighted by atomic mass is 79.9. The molecule has 0 unspecified atom stereocenters. The molecule has 2 rings (SSSR count). The Morgan fingerprint density at radius 3 is 1.82 bits per heavy atom. The number of alkyl halides is 1. The van der Waals surface area contributed by atoms with Gasteiger partial charge in [-0.15, -0.1) is 0 Å². The summed E-state index contributed by atoms with van der Waals surface area (Å²) in [7, 11) is 0. The van der Waals surface area contributed by atoms with Gasteiger partial charge in [0.1, 0.15) is 0 Å². The lowest BCUT2D eigenvalue weighted by molar-refractivity contribution is 1.17. The Morgan fingerprint density at radius 1 is 0.765 bits per heavy atom. The number of hydrogen-bond donors (Lipinski definition) is 0. The van der Waals surface area contributed by atoms with Gasteiger partial charge in [0, 0.05) is 5.33 Å². The van der Waals surface area contributed by atoms with Crippen LogP contribution in [0.15, 0.2) is 54.6 Å². The van der Waals surface area contributed by atoms with Crippen molar-refractivity contribution >= 4 is 15.9 Å². The van der Waals surface area contributed by atoms with Crippen LogP contribution in [0.5, 0.6) is 0 Å². The number of aryl methyl sites for hydroxylation is 1. The molecule has 90 valence electrons. The van der Waals surface area contributed by atoms with Crippen molar-refractivity contribution in [3.63, 3.8) is 0 Å². The van der Waals surface area contributed by atoms with Gasteiger partial charge in [-0.3, -0.25) is 0 Å². The van der Waals surface area contributed by atoms with E-state index in [0.717, 1.165) is 11.8 Å². The van der Waals surface area contributed by atoms with Crippen molar-refractivity contribution < 1.29 is 0 Å². The number of benzene rings is 2. The van der Waals surface area contributed by atoms with Gasteiger partial charge in [0.2, 0.25) is 0 Å². The van der Waals surface area contributed by atoms with Gasteiger partial charge in [-0.05, 0) is 23.1 Å². The van der Waals surface area contributed by atoms with E-state index in [0.29, 0.717) is 0 Å². The van der Waals surface area contributed by atoms with Crippen LogP contribution in [-0.4, -0.2) is 5.33 Å². The first-order valence-corrected chi connectivity index (χ1v) is 7.22. The minimum atomic E-state index is 1.03. The summed E-state index contributed by atoms with van der Waals surface area (Å²) in [4.78, 5) is 0. The topological polar surface area (TPSA) is 0 Å². The van der Waals surface area contributed by atoms with Crippen LogP contribution in [-0.2, 0) is 6.42 Å². The Morgan fingerprint density at radius 2 is 1.29 bits per heavy atom. The quantitative estimate of drug-likeness (QED) is 0.672. The summed E-state index contributed by atoms with van der Waals surface area (Å²) in [6, 6.07) is 19.2. The lowest BCUT2D eigenvalue weighted by Gasteiger charge is -2.02. The lowest BCUT2D eigenvalue weighted by atomic mass is 10.0. The summed E-state index contributed by atoms with van der Waals surface area (Å²) >= 11 is 3.45. The predicted molar refractivity (Wildman–Crippen MR) is 80.7 cm³/mol. The number of rotatable bonds is 3. The lowest BCUT2D eigenvalue weighted by Crippen LogP contribution is -1.85. The molecule has 0 aliphatic rings. The largest absolute Gasteiger partial charge is 0.0924 e. The Balaban J connectivity index is 0.000000686. The second-order valence-electron chi connectivity index (χ2n) is 3.50. The Kier molecular flexibility index (Phi) is 6.64. The Labute approximate surface area is 113 Å². The third kappa shape index (κ3) is 4.35. The molecule has 0 saturated heterocycles. The highest BCUT2D eigenvalue weighted by Gasteiger charge is 1.96. The maximum Gasteiger partial charge on any atom is 0.00718 e. The molecule has 0 amide bonds. The molecule has 2 aromatic carbocycles. The van der Waals surface area contributed by atoms with E-state index in [1.807, 2.05) is 19.9 Å². The van der Waals surface area contributed by atoms with Crippen LogP contribution >= 0.6 is 15.9 Å². The third-order valence-corrected chi connectivity index (χ3v) is 2.84. The molecule has 0 fully saturated rings. The van der Waals surface area contributed by atoms with E-state index in [4.69, 9.17) is 0 Å². The van der Waals surface area contributed by atoms with Gasteiger partial charge < -0.3 is 0 Å². The molecule has 0 N–H and O–H groups in total.